The number of aryl methyl sites for hydroxylation is 4. The van der Waals surface area contributed by atoms with Gasteiger partial charge < -0.3 is 4.57 Å². The molecule has 3 heterocycles. The Kier molecular flexibility index (Phi) is 5.28. The molecule has 0 aliphatic heterocycles. The van der Waals surface area contributed by atoms with Crippen molar-refractivity contribution in [2.75, 3.05) is 0 Å². The fourth-order valence-corrected chi connectivity index (χ4v) is 7.88. The lowest BCUT2D eigenvalue weighted by Gasteiger charge is -2.19. The molecule has 0 unspecified atom stereocenters. The zero-order chi connectivity index (χ0) is 31.3. The maximum Gasteiger partial charge on any atom is 0.238 e. The zero-order valence-electron chi connectivity index (χ0n) is 26.2. The van der Waals surface area contributed by atoms with Crippen molar-refractivity contribution in [3.63, 3.8) is 0 Å². The lowest BCUT2D eigenvalue weighted by Crippen LogP contribution is -2.09. The van der Waals surface area contributed by atoms with Gasteiger partial charge in [-0.05, 0) is 96.5 Å². The van der Waals surface area contributed by atoms with E-state index in [2.05, 4.69) is 100 Å². The zero-order valence-corrected chi connectivity index (χ0v) is 26.2. The van der Waals surface area contributed by atoms with Gasteiger partial charge in [0.2, 0.25) is 5.95 Å². The summed E-state index contributed by atoms with van der Waals surface area (Å²) in [5, 5.41) is 4.99. The van der Waals surface area contributed by atoms with Crippen molar-refractivity contribution in [2.45, 2.75) is 25.7 Å². The van der Waals surface area contributed by atoms with E-state index in [-0.39, 0.29) is 0 Å². The van der Waals surface area contributed by atoms with Crippen molar-refractivity contribution in [3.05, 3.63) is 150 Å². The topological polar surface area (TPSA) is 48.5 Å². The van der Waals surface area contributed by atoms with Crippen LogP contribution in [0.5, 0.6) is 0 Å². The molecule has 48 heavy (non-hydrogen) atoms. The number of rotatable bonds is 4. The van der Waals surface area contributed by atoms with Gasteiger partial charge in [-0.15, -0.1) is 0 Å². The predicted molar refractivity (Wildman–Crippen MR) is 194 cm³/mol. The first kappa shape index (κ1) is 26.0. The fourth-order valence-electron chi connectivity index (χ4n) is 7.88. The summed E-state index contributed by atoms with van der Waals surface area (Å²) in [5.41, 5.74) is 13.6. The monoisotopic (exact) mass is 615 g/mol. The molecular formula is C43H29N5. The van der Waals surface area contributed by atoms with Crippen molar-refractivity contribution in [3.8, 4) is 34.4 Å². The first-order valence-electron chi connectivity index (χ1n) is 16.8. The standard InChI is InChI=1S/C43H29N5/c1-4-10-26(11-5-1)41-44-42(27-12-6-2-7-13-27)46-43(45-41)48-38-23-31-19-17-29(31)21-34(38)36-24-39-35(25-40(36)48)33-20-28-16-18-30(28)22-37(33)47(39)32-14-8-3-9-15-32/h1-15,20-25H,16-19H2. The molecule has 0 N–H and O–H groups in total. The quantitative estimate of drug-likeness (QED) is 0.198. The van der Waals surface area contributed by atoms with Gasteiger partial charge in [0, 0.05) is 38.4 Å². The van der Waals surface area contributed by atoms with Crippen molar-refractivity contribution in [1.82, 2.24) is 24.1 Å². The molecule has 0 atom stereocenters. The van der Waals surface area contributed by atoms with Crippen LogP contribution in [0.1, 0.15) is 22.3 Å². The van der Waals surface area contributed by atoms with Gasteiger partial charge in [0.05, 0.1) is 22.1 Å². The van der Waals surface area contributed by atoms with E-state index < -0.39 is 0 Å². The first-order chi connectivity index (χ1) is 23.8. The Balaban J connectivity index is 1.28. The van der Waals surface area contributed by atoms with Gasteiger partial charge >= 0.3 is 0 Å². The van der Waals surface area contributed by atoms with Crippen molar-refractivity contribution in [2.24, 2.45) is 0 Å². The highest BCUT2D eigenvalue weighted by molar-refractivity contribution is 6.19. The molecule has 226 valence electrons. The molecule has 9 aromatic rings. The molecule has 5 heteroatoms. The molecule has 2 aliphatic carbocycles. The van der Waals surface area contributed by atoms with E-state index in [1.54, 1.807) is 0 Å². The summed E-state index contributed by atoms with van der Waals surface area (Å²) in [4.78, 5) is 15.4. The van der Waals surface area contributed by atoms with Gasteiger partial charge in [0.15, 0.2) is 11.6 Å². The summed E-state index contributed by atoms with van der Waals surface area (Å²) in [6.45, 7) is 0. The molecule has 0 spiro atoms. The summed E-state index contributed by atoms with van der Waals surface area (Å²) in [5.74, 6) is 1.97. The average molecular weight is 616 g/mol. The Hall–Kier alpha value is -6.07. The molecule has 2 aliphatic rings. The summed E-state index contributed by atoms with van der Waals surface area (Å²) < 4.78 is 4.74. The number of para-hydroxylation sites is 1. The summed E-state index contributed by atoms with van der Waals surface area (Å²) in [6, 6.07) is 45.7. The average Bonchev–Trinajstić information content (AvgIpc) is 3.60. The predicted octanol–water partition coefficient (Wildman–Crippen LogP) is 9.60. The molecule has 11 rings (SSSR count). The summed E-state index contributed by atoms with van der Waals surface area (Å²) >= 11 is 0. The fraction of sp³-hybridized carbons (Fsp3) is 0.0930. The van der Waals surface area contributed by atoms with E-state index in [0.29, 0.717) is 17.6 Å². The Labute approximate surface area is 276 Å². The largest absolute Gasteiger partial charge is 0.309 e. The minimum atomic E-state index is 0.636. The number of fused-ring (bicyclic) bond motifs is 8. The van der Waals surface area contributed by atoms with Gasteiger partial charge in [0.25, 0.3) is 0 Å². The second-order valence-electron chi connectivity index (χ2n) is 13.2. The maximum atomic E-state index is 5.21. The van der Waals surface area contributed by atoms with Crippen LogP contribution >= 0.6 is 0 Å². The van der Waals surface area contributed by atoms with Crippen LogP contribution in [0.25, 0.3) is 78.0 Å². The van der Waals surface area contributed by atoms with Crippen LogP contribution in [-0.2, 0) is 25.7 Å². The molecule has 6 aromatic carbocycles. The third kappa shape index (κ3) is 3.70. The minimum Gasteiger partial charge on any atom is -0.309 e. The minimum absolute atomic E-state index is 0.636. The van der Waals surface area contributed by atoms with Gasteiger partial charge in [0.1, 0.15) is 0 Å². The Morgan fingerprint density at radius 1 is 0.375 bits per heavy atom. The number of nitrogens with zero attached hydrogens (tertiary/aromatic N) is 5. The number of hydrogen-bond acceptors (Lipinski definition) is 3. The maximum absolute atomic E-state index is 5.21. The van der Waals surface area contributed by atoms with Gasteiger partial charge in [-0.1, -0.05) is 78.9 Å². The summed E-state index contributed by atoms with van der Waals surface area (Å²) in [7, 11) is 0. The SMILES string of the molecule is c1ccc(-c2nc(-c3ccccc3)nc(-n3c4cc5c(cc4c4cc6c(cc43)c3cc4c(cc3n6-c3ccccc3)CC4)CC5)n2)cc1. The normalized spacial score (nSPS) is 13.5. The second kappa shape index (κ2) is 9.72. The highest BCUT2D eigenvalue weighted by atomic mass is 15.2. The van der Waals surface area contributed by atoms with Gasteiger partial charge in [-0.2, -0.15) is 9.97 Å². The van der Waals surface area contributed by atoms with E-state index in [0.717, 1.165) is 47.8 Å². The number of benzene rings is 6. The van der Waals surface area contributed by atoms with E-state index in [1.165, 1.54) is 60.5 Å². The Morgan fingerprint density at radius 3 is 1.27 bits per heavy atom. The van der Waals surface area contributed by atoms with Gasteiger partial charge in [-0.3, -0.25) is 4.57 Å². The van der Waals surface area contributed by atoms with Crippen LogP contribution < -0.4 is 0 Å². The molecular weight excluding hydrogens is 587 g/mol. The van der Waals surface area contributed by atoms with Crippen LogP contribution in [0.15, 0.2) is 127 Å². The van der Waals surface area contributed by atoms with Crippen molar-refractivity contribution >= 4 is 43.6 Å². The molecule has 0 fully saturated rings. The third-order valence-electron chi connectivity index (χ3n) is 10.5. The molecule has 0 saturated carbocycles. The van der Waals surface area contributed by atoms with E-state index >= 15 is 0 Å². The van der Waals surface area contributed by atoms with Crippen LogP contribution in [-0.4, -0.2) is 24.1 Å². The Bertz CT molecular complexity index is 2700. The smallest absolute Gasteiger partial charge is 0.238 e. The first-order valence-corrected chi connectivity index (χ1v) is 16.8. The van der Waals surface area contributed by atoms with E-state index in [1.807, 2.05) is 36.4 Å². The highest BCUT2D eigenvalue weighted by Gasteiger charge is 2.25. The number of aromatic nitrogens is 5. The van der Waals surface area contributed by atoms with Crippen LogP contribution in [0.2, 0.25) is 0 Å². The van der Waals surface area contributed by atoms with Crippen LogP contribution in [0.3, 0.4) is 0 Å². The molecule has 5 nitrogen and oxygen atoms in total. The van der Waals surface area contributed by atoms with Crippen molar-refractivity contribution < 1.29 is 0 Å². The second-order valence-corrected chi connectivity index (χ2v) is 13.2. The Morgan fingerprint density at radius 2 is 0.771 bits per heavy atom. The van der Waals surface area contributed by atoms with Crippen molar-refractivity contribution in [1.29, 1.82) is 0 Å². The molecule has 0 bridgehead atoms. The molecule has 0 radical (unpaired) electrons. The number of hydrogen-bond donors (Lipinski definition) is 0. The lowest BCUT2D eigenvalue weighted by atomic mass is 9.87. The van der Waals surface area contributed by atoms with Gasteiger partial charge in [-0.25, -0.2) is 4.98 Å². The third-order valence-corrected chi connectivity index (χ3v) is 10.5. The summed E-state index contributed by atoms with van der Waals surface area (Å²) in [6.07, 6.45) is 4.52. The van der Waals surface area contributed by atoms with Crippen LogP contribution in [0.4, 0.5) is 0 Å². The van der Waals surface area contributed by atoms with E-state index in [4.69, 9.17) is 15.0 Å². The molecule has 3 aromatic heterocycles. The molecule has 0 saturated heterocycles. The van der Waals surface area contributed by atoms with E-state index in [9.17, 15) is 0 Å². The van der Waals surface area contributed by atoms with Crippen LogP contribution in [0, 0.1) is 0 Å². The lowest BCUT2D eigenvalue weighted by molar-refractivity contribution is 0.842. The highest BCUT2D eigenvalue weighted by Crippen LogP contribution is 2.43. The molecule has 0 amide bonds.